The summed E-state index contributed by atoms with van der Waals surface area (Å²) >= 11 is 1.09. The molecular formula is C25H32N4O4S3. The summed E-state index contributed by atoms with van der Waals surface area (Å²) in [5, 5.41) is 5.00. The van der Waals surface area contributed by atoms with Crippen LogP contribution in [0.3, 0.4) is 0 Å². The van der Waals surface area contributed by atoms with Gasteiger partial charge in [-0.2, -0.15) is 8.42 Å². The third-order valence-electron chi connectivity index (χ3n) is 6.34. The molecule has 0 aliphatic heterocycles. The summed E-state index contributed by atoms with van der Waals surface area (Å²) in [5.41, 5.74) is 1.51. The number of benzene rings is 1. The summed E-state index contributed by atoms with van der Waals surface area (Å²) in [6.45, 7) is 2.73. The maximum Gasteiger partial charge on any atom is 0.279 e. The van der Waals surface area contributed by atoms with Crippen molar-refractivity contribution in [3.8, 4) is 0 Å². The Kier molecular flexibility index (Phi) is 8.66. The van der Waals surface area contributed by atoms with Crippen LogP contribution in [0.5, 0.6) is 0 Å². The number of hydrogen-bond acceptors (Lipinski definition) is 7. The van der Waals surface area contributed by atoms with E-state index in [1.165, 1.54) is 56.5 Å². The number of hydrogen-bond donors (Lipinski definition) is 3. The Morgan fingerprint density at radius 3 is 2.42 bits per heavy atom. The lowest BCUT2D eigenvalue weighted by Gasteiger charge is -2.25. The third kappa shape index (κ3) is 7.06. The molecule has 1 atom stereocenters. The van der Waals surface area contributed by atoms with E-state index in [0.717, 1.165) is 29.2 Å². The first-order valence-corrected chi connectivity index (χ1v) is 15.9. The zero-order valence-corrected chi connectivity index (χ0v) is 22.6. The van der Waals surface area contributed by atoms with Crippen molar-refractivity contribution in [3.63, 3.8) is 0 Å². The maximum atomic E-state index is 13.0. The van der Waals surface area contributed by atoms with Gasteiger partial charge in [0.1, 0.15) is 4.21 Å². The average molecular weight is 549 g/mol. The number of rotatable bonds is 11. The molecule has 0 bridgehead atoms. The summed E-state index contributed by atoms with van der Waals surface area (Å²) in [6, 6.07) is 13.4. The first-order valence-electron chi connectivity index (χ1n) is 12.1. The Hall–Kier alpha value is -2.47. The Morgan fingerprint density at radius 2 is 1.72 bits per heavy atom. The van der Waals surface area contributed by atoms with Gasteiger partial charge in [-0.1, -0.05) is 56.4 Å². The predicted molar refractivity (Wildman–Crippen MR) is 144 cm³/mol. The fourth-order valence-electron chi connectivity index (χ4n) is 4.48. The highest BCUT2D eigenvalue weighted by Gasteiger charge is 2.20. The van der Waals surface area contributed by atoms with Gasteiger partial charge in [-0.05, 0) is 54.5 Å². The van der Waals surface area contributed by atoms with Crippen LogP contribution in [0.15, 0.2) is 69.3 Å². The molecule has 36 heavy (non-hydrogen) atoms. The Morgan fingerprint density at radius 1 is 0.944 bits per heavy atom. The van der Waals surface area contributed by atoms with Crippen molar-refractivity contribution in [2.24, 2.45) is 5.92 Å². The fourth-order valence-corrected chi connectivity index (χ4v) is 7.55. The topological polar surface area (TPSA) is 117 Å². The quantitative estimate of drug-likeness (QED) is 0.303. The molecule has 1 fully saturated rings. The molecule has 0 radical (unpaired) electrons. The van der Waals surface area contributed by atoms with Gasteiger partial charge < -0.3 is 5.32 Å². The van der Waals surface area contributed by atoms with Crippen molar-refractivity contribution in [2.45, 2.75) is 67.3 Å². The second-order valence-electron chi connectivity index (χ2n) is 9.21. The first kappa shape index (κ1) is 26.6. The lowest BCUT2D eigenvalue weighted by Crippen LogP contribution is -2.29. The molecule has 0 spiro atoms. The van der Waals surface area contributed by atoms with Crippen molar-refractivity contribution >= 4 is 42.8 Å². The van der Waals surface area contributed by atoms with E-state index in [2.05, 4.69) is 26.7 Å². The van der Waals surface area contributed by atoms with Crippen molar-refractivity contribution in [1.82, 2.24) is 10.3 Å². The second kappa shape index (κ2) is 11.7. The molecule has 1 aliphatic carbocycles. The SMILES string of the molecule is CC(CC1CCCCC1)NCc1ccccc1NS(=O)(=O)c1ccc(NS(=O)(=O)c2cccs2)cn1. The number of thiophene rings is 1. The number of anilines is 2. The molecule has 194 valence electrons. The fraction of sp³-hybridized carbons (Fsp3) is 0.400. The molecular weight excluding hydrogens is 517 g/mol. The minimum absolute atomic E-state index is 0.166. The maximum absolute atomic E-state index is 13.0. The number of para-hydroxylation sites is 1. The van der Waals surface area contributed by atoms with Crippen LogP contribution in [0, 0.1) is 5.92 Å². The van der Waals surface area contributed by atoms with Crippen LogP contribution in [-0.4, -0.2) is 27.9 Å². The summed E-state index contributed by atoms with van der Waals surface area (Å²) in [6.07, 6.45) is 8.89. The summed E-state index contributed by atoms with van der Waals surface area (Å²) < 4.78 is 56.0. The number of pyridine rings is 1. The standard InChI is InChI=1S/C25H32N4O4S3/c1-19(16-20-8-3-2-4-9-20)26-17-21-10-5-6-11-23(21)29-35(30,31)24-14-13-22(18-27-24)28-36(32,33)25-12-7-15-34-25/h5-7,10-15,18-20,26,28-29H,2-4,8-9,16-17H2,1H3. The van der Waals surface area contributed by atoms with Crippen LogP contribution in [-0.2, 0) is 26.6 Å². The van der Waals surface area contributed by atoms with Gasteiger partial charge in [-0.25, -0.2) is 13.4 Å². The molecule has 2 aromatic heterocycles. The van der Waals surface area contributed by atoms with Gasteiger partial charge in [0.05, 0.1) is 17.6 Å². The third-order valence-corrected chi connectivity index (χ3v) is 10.4. The Balaban J connectivity index is 1.39. The molecule has 3 aromatic rings. The normalized spacial score (nSPS) is 15.9. The average Bonchev–Trinajstić information content (AvgIpc) is 3.40. The lowest BCUT2D eigenvalue weighted by atomic mass is 9.85. The van der Waals surface area contributed by atoms with E-state index in [0.29, 0.717) is 18.3 Å². The minimum atomic E-state index is -3.96. The lowest BCUT2D eigenvalue weighted by molar-refractivity contribution is 0.305. The molecule has 1 aliphatic rings. The van der Waals surface area contributed by atoms with Crippen molar-refractivity contribution < 1.29 is 16.8 Å². The smallest absolute Gasteiger partial charge is 0.279 e. The van der Waals surface area contributed by atoms with E-state index < -0.39 is 20.0 Å². The largest absolute Gasteiger partial charge is 0.310 e. The molecule has 0 saturated heterocycles. The van der Waals surface area contributed by atoms with Gasteiger partial charge in [-0.15, -0.1) is 11.3 Å². The monoisotopic (exact) mass is 548 g/mol. The summed E-state index contributed by atoms with van der Waals surface area (Å²) in [5.74, 6) is 0.763. The van der Waals surface area contributed by atoms with Gasteiger partial charge in [0.25, 0.3) is 20.0 Å². The van der Waals surface area contributed by atoms with Gasteiger partial charge in [0.15, 0.2) is 5.03 Å². The molecule has 1 unspecified atom stereocenters. The van der Waals surface area contributed by atoms with Crippen LogP contribution < -0.4 is 14.8 Å². The Bertz CT molecular complexity index is 1340. The number of nitrogens with zero attached hydrogens (tertiary/aromatic N) is 1. The van der Waals surface area contributed by atoms with Crippen LogP contribution in [0.2, 0.25) is 0 Å². The molecule has 0 amide bonds. The number of nitrogens with one attached hydrogen (secondary N) is 3. The highest BCUT2D eigenvalue weighted by atomic mass is 32.2. The molecule has 1 aromatic carbocycles. The highest BCUT2D eigenvalue weighted by Crippen LogP contribution is 2.28. The highest BCUT2D eigenvalue weighted by molar-refractivity contribution is 7.94. The minimum Gasteiger partial charge on any atom is -0.310 e. The number of aromatic nitrogens is 1. The second-order valence-corrected chi connectivity index (χ2v) is 13.7. The van der Waals surface area contributed by atoms with Gasteiger partial charge in [-0.3, -0.25) is 9.44 Å². The Labute approximate surface area is 217 Å². The van der Waals surface area contributed by atoms with E-state index in [1.54, 1.807) is 23.6 Å². The van der Waals surface area contributed by atoms with Crippen molar-refractivity contribution in [3.05, 3.63) is 65.7 Å². The van der Waals surface area contributed by atoms with Crippen molar-refractivity contribution in [2.75, 3.05) is 9.44 Å². The van der Waals surface area contributed by atoms with Crippen LogP contribution in [0.1, 0.15) is 51.0 Å². The van der Waals surface area contributed by atoms with Crippen LogP contribution >= 0.6 is 11.3 Å². The molecule has 11 heteroatoms. The number of sulfonamides is 2. The zero-order chi connectivity index (χ0) is 25.6. The summed E-state index contributed by atoms with van der Waals surface area (Å²) in [7, 11) is -7.70. The van der Waals surface area contributed by atoms with E-state index in [4.69, 9.17) is 0 Å². The van der Waals surface area contributed by atoms with Gasteiger partial charge in [0, 0.05) is 12.6 Å². The zero-order valence-electron chi connectivity index (χ0n) is 20.2. The van der Waals surface area contributed by atoms with Crippen LogP contribution in [0.25, 0.3) is 0 Å². The molecule has 3 N–H and O–H groups in total. The van der Waals surface area contributed by atoms with Crippen LogP contribution in [0.4, 0.5) is 11.4 Å². The van der Waals surface area contributed by atoms with E-state index in [-0.39, 0.29) is 14.9 Å². The molecule has 4 rings (SSSR count). The van der Waals surface area contributed by atoms with E-state index in [9.17, 15) is 16.8 Å². The first-order chi connectivity index (χ1) is 17.2. The van der Waals surface area contributed by atoms with Crippen molar-refractivity contribution in [1.29, 1.82) is 0 Å². The van der Waals surface area contributed by atoms with E-state index >= 15 is 0 Å². The van der Waals surface area contributed by atoms with Gasteiger partial charge >= 0.3 is 0 Å². The molecule has 1 saturated carbocycles. The van der Waals surface area contributed by atoms with Gasteiger partial charge in [0.2, 0.25) is 0 Å². The summed E-state index contributed by atoms with van der Waals surface area (Å²) in [4.78, 5) is 3.99. The molecule has 8 nitrogen and oxygen atoms in total. The molecule has 2 heterocycles. The van der Waals surface area contributed by atoms with E-state index in [1.807, 2.05) is 12.1 Å². The predicted octanol–water partition coefficient (Wildman–Crippen LogP) is 5.19.